The van der Waals surface area contributed by atoms with E-state index in [0.29, 0.717) is 0 Å². The number of amides is 1. The number of fused-ring (bicyclic) bond motifs is 3. The number of aromatic carboxylic acids is 1. The lowest BCUT2D eigenvalue weighted by Gasteiger charge is -2.14. The summed E-state index contributed by atoms with van der Waals surface area (Å²) in [5.74, 6) is 4.03. The second-order valence-corrected chi connectivity index (χ2v) is 7.02. The molecule has 1 aliphatic carbocycles. The Bertz CT molecular complexity index is 1180. The number of carboxylic acids is 1. The van der Waals surface area contributed by atoms with Crippen molar-refractivity contribution in [3.8, 4) is 28.7 Å². The Morgan fingerprint density at radius 1 is 0.968 bits per heavy atom. The van der Waals surface area contributed by atoms with Crippen LogP contribution in [0.25, 0.3) is 11.1 Å². The third kappa shape index (κ3) is 4.21. The number of hydrogen-bond acceptors (Lipinski definition) is 4. The van der Waals surface area contributed by atoms with Crippen molar-refractivity contribution in [3.63, 3.8) is 0 Å². The normalized spacial score (nSPS) is 11.6. The first-order valence-electron chi connectivity index (χ1n) is 9.68. The molecule has 0 aromatic heterocycles. The van der Waals surface area contributed by atoms with Crippen molar-refractivity contribution in [2.24, 2.45) is 0 Å². The number of hydrogen-bond donors (Lipinski definition) is 3. The summed E-state index contributed by atoms with van der Waals surface area (Å²) in [5, 5.41) is 21.3. The molecule has 0 bridgehead atoms. The van der Waals surface area contributed by atoms with Crippen molar-refractivity contribution in [2.45, 2.75) is 5.92 Å². The maximum atomic E-state index is 12.1. The fraction of sp³-hybridized carbons (Fsp3) is 0.120. The Balaban J connectivity index is 1.34. The number of nitrogens with one attached hydrogen (secondary N) is 1. The quantitative estimate of drug-likeness (QED) is 0.563. The molecule has 0 saturated heterocycles. The molecule has 0 spiro atoms. The van der Waals surface area contributed by atoms with Crippen LogP contribution < -0.4 is 5.32 Å². The van der Waals surface area contributed by atoms with Gasteiger partial charge in [-0.1, -0.05) is 60.4 Å². The molecule has 3 aromatic carbocycles. The summed E-state index contributed by atoms with van der Waals surface area (Å²) in [6, 6.07) is 20.1. The van der Waals surface area contributed by atoms with E-state index in [0.717, 1.165) is 28.3 Å². The van der Waals surface area contributed by atoms with Gasteiger partial charge in [0.05, 0.1) is 17.7 Å². The lowest BCUT2D eigenvalue weighted by atomic mass is 9.98. The van der Waals surface area contributed by atoms with Gasteiger partial charge in [-0.25, -0.2) is 9.59 Å². The number of benzene rings is 3. The average molecular weight is 413 g/mol. The molecule has 4 rings (SSSR count). The van der Waals surface area contributed by atoms with Crippen LogP contribution in [0.5, 0.6) is 5.75 Å². The molecule has 3 aromatic rings. The van der Waals surface area contributed by atoms with Crippen LogP contribution >= 0.6 is 0 Å². The van der Waals surface area contributed by atoms with Crippen molar-refractivity contribution in [1.29, 1.82) is 0 Å². The molecule has 3 N–H and O–H groups in total. The van der Waals surface area contributed by atoms with Gasteiger partial charge in [0.15, 0.2) is 0 Å². The predicted octanol–water partition coefficient (Wildman–Crippen LogP) is 3.98. The first-order chi connectivity index (χ1) is 15.0. The molecule has 1 aliphatic rings. The molecule has 6 heteroatoms. The first-order valence-corrected chi connectivity index (χ1v) is 9.68. The molecule has 0 fully saturated rings. The average Bonchev–Trinajstić information content (AvgIpc) is 3.10. The van der Waals surface area contributed by atoms with E-state index in [1.807, 2.05) is 24.3 Å². The molecule has 6 nitrogen and oxygen atoms in total. The van der Waals surface area contributed by atoms with Gasteiger partial charge in [0.1, 0.15) is 12.4 Å². The second kappa shape index (κ2) is 8.64. The second-order valence-electron chi connectivity index (χ2n) is 7.02. The number of carbonyl (C=O) groups is 2. The number of rotatable bonds is 4. The zero-order valence-corrected chi connectivity index (χ0v) is 16.5. The van der Waals surface area contributed by atoms with Crippen LogP contribution in [0.15, 0.2) is 66.7 Å². The Hall–Kier alpha value is -4.24. The number of alkyl carbamates (subject to hydrolysis) is 1. The molecule has 1 amide bonds. The van der Waals surface area contributed by atoms with Gasteiger partial charge in [-0.15, -0.1) is 0 Å². The van der Waals surface area contributed by atoms with Crippen molar-refractivity contribution in [3.05, 3.63) is 89.0 Å². The van der Waals surface area contributed by atoms with Crippen LogP contribution in [0.3, 0.4) is 0 Å². The third-order valence-corrected chi connectivity index (χ3v) is 5.13. The Morgan fingerprint density at radius 3 is 2.23 bits per heavy atom. The highest BCUT2D eigenvalue weighted by Crippen LogP contribution is 2.44. The summed E-state index contributed by atoms with van der Waals surface area (Å²) in [7, 11) is 0. The Labute approximate surface area is 179 Å². The fourth-order valence-corrected chi connectivity index (χ4v) is 3.68. The minimum atomic E-state index is -1.13. The molecule has 31 heavy (non-hydrogen) atoms. The minimum Gasteiger partial charge on any atom is -0.507 e. The maximum Gasteiger partial charge on any atom is 0.407 e. The number of phenols is 1. The van der Waals surface area contributed by atoms with E-state index in [1.54, 1.807) is 0 Å². The van der Waals surface area contributed by atoms with Crippen LogP contribution in [-0.4, -0.2) is 35.4 Å². The molecular formula is C25H19NO5. The topological polar surface area (TPSA) is 95.9 Å². The number of phenolic OH excluding ortho intramolecular Hbond substituents is 1. The molecule has 0 heterocycles. The van der Waals surface area contributed by atoms with Gasteiger partial charge in [0.25, 0.3) is 0 Å². The van der Waals surface area contributed by atoms with Crippen LogP contribution in [0, 0.1) is 11.8 Å². The predicted molar refractivity (Wildman–Crippen MR) is 115 cm³/mol. The summed E-state index contributed by atoms with van der Waals surface area (Å²) in [6.07, 6.45) is -0.582. The van der Waals surface area contributed by atoms with Crippen LogP contribution in [0.2, 0.25) is 0 Å². The number of carboxylic acid groups (broad SMARTS) is 1. The molecule has 0 radical (unpaired) electrons. The minimum absolute atomic E-state index is 0.0195. The van der Waals surface area contributed by atoms with Crippen LogP contribution in [0.4, 0.5) is 4.79 Å². The zero-order chi connectivity index (χ0) is 21.8. The van der Waals surface area contributed by atoms with Gasteiger partial charge >= 0.3 is 12.1 Å². The monoisotopic (exact) mass is 413 g/mol. The zero-order valence-electron chi connectivity index (χ0n) is 16.5. The van der Waals surface area contributed by atoms with Crippen molar-refractivity contribution < 1.29 is 24.5 Å². The summed E-state index contributed by atoms with van der Waals surface area (Å²) in [6.45, 7) is 0.238. The third-order valence-electron chi connectivity index (χ3n) is 5.13. The van der Waals surface area contributed by atoms with Gasteiger partial charge in [-0.3, -0.25) is 0 Å². The van der Waals surface area contributed by atoms with Gasteiger partial charge in [0, 0.05) is 5.92 Å². The molecule has 154 valence electrons. The maximum absolute atomic E-state index is 12.1. The number of aromatic hydroxyl groups is 1. The van der Waals surface area contributed by atoms with Gasteiger partial charge in [-0.05, 0) is 40.5 Å². The molecular weight excluding hydrogens is 394 g/mol. The van der Waals surface area contributed by atoms with E-state index >= 15 is 0 Å². The Kier molecular flexibility index (Phi) is 5.59. The van der Waals surface area contributed by atoms with E-state index in [4.69, 9.17) is 9.84 Å². The lowest BCUT2D eigenvalue weighted by molar-refractivity contribution is 0.0696. The highest BCUT2D eigenvalue weighted by molar-refractivity contribution is 5.88. The van der Waals surface area contributed by atoms with Crippen LogP contribution in [-0.2, 0) is 4.74 Å². The standard InChI is InChI=1S/C25H19NO5/c27-23-14-17(24(28)29)12-11-16(23)6-5-13-26-25(30)31-15-22-20-9-3-1-7-18(20)19-8-2-4-10-21(19)22/h1-4,7-12,14,22,27H,13,15H2,(H,26,30)(H,28,29). The van der Waals surface area contributed by atoms with E-state index in [-0.39, 0.29) is 35.9 Å². The van der Waals surface area contributed by atoms with Gasteiger partial charge in [0.2, 0.25) is 0 Å². The molecule has 0 saturated carbocycles. The van der Waals surface area contributed by atoms with Crippen molar-refractivity contribution in [1.82, 2.24) is 5.32 Å². The smallest absolute Gasteiger partial charge is 0.407 e. The van der Waals surface area contributed by atoms with Crippen molar-refractivity contribution in [2.75, 3.05) is 13.2 Å². The highest BCUT2D eigenvalue weighted by atomic mass is 16.5. The van der Waals surface area contributed by atoms with Crippen molar-refractivity contribution >= 4 is 12.1 Å². The van der Waals surface area contributed by atoms with E-state index < -0.39 is 12.1 Å². The van der Waals surface area contributed by atoms with E-state index in [1.165, 1.54) is 12.1 Å². The fourth-order valence-electron chi connectivity index (χ4n) is 3.68. The SMILES string of the molecule is O=C(NCC#Cc1ccc(C(=O)O)cc1O)OCC1c2ccccc2-c2ccccc21. The Morgan fingerprint density at radius 2 is 1.61 bits per heavy atom. The summed E-state index contributed by atoms with van der Waals surface area (Å²) in [5.41, 5.74) is 4.84. The van der Waals surface area contributed by atoms with Gasteiger partial charge < -0.3 is 20.3 Å². The number of carbonyl (C=O) groups excluding carboxylic acids is 1. The summed E-state index contributed by atoms with van der Waals surface area (Å²) >= 11 is 0. The largest absolute Gasteiger partial charge is 0.507 e. The highest BCUT2D eigenvalue weighted by Gasteiger charge is 2.28. The first kappa shape index (κ1) is 20.0. The van der Waals surface area contributed by atoms with E-state index in [9.17, 15) is 14.7 Å². The summed E-state index contributed by atoms with van der Waals surface area (Å²) < 4.78 is 5.43. The van der Waals surface area contributed by atoms with Crippen LogP contribution in [0.1, 0.15) is 33.0 Å². The van der Waals surface area contributed by atoms with E-state index in [2.05, 4.69) is 41.4 Å². The summed E-state index contributed by atoms with van der Waals surface area (Å²) in [4.78, 5) is 23.0. The molecule has 0 atom stereocenters. The molecule has 0 aliphatic heterocycles. The van der Waals surface area contributed by atoms with Gasteiger partial charge in [-0.2, -0.15) is 0 Å². The molecule has 0 unspecified atom stereocenters. The number of ether oxygens (including phenoxy) is 1. The lowest BCUT2D eigenvalue weighted by Crippen LogP contribution is -2.26.